The van der Waals surface area contributed by atoms with Crippen molar-refractivity contribution in [2.45, 2.75) is 6.92 Å². The first-order valence-corrected chi connectivity index (χ1v) is 4.49. The van der Waals surface area contributed by atoms with Crippen molar-refractivity contribution in [3.05, 3.63) is 22.2 Å². The lowest BCUT2D eigenvalue weighted by Gasteiger charge is -2.07. The van der Waals surface area contributed by atoms with Crippen molar-refractivity contribution >= 4 is 27.4 Å². The van der Waals surface area contributed by atoms with Crippen LogP contribution in [-0.4, -0.2) is 12.9 Å². The van der Waals surface area contributed by atoms with Gasteiger partial charge in [0.15, 0.2) is 5.78 Å². The molecule has 0 bridgehead atoms. The van der Waals surface area contributed by atoms with Crippen molar-refractivity contribution in [1.29, 1.82) is 0 Å². The van der Waals surface area contributed by atoms with E-state index in [9.17, 15) is 4.79 Å². The number of hydrogen-bond acceptors (Lipinski definition) is 3. The summed E-state index contributed by atoms with van der Waals surface area (Å²) in [4.78, 5) is 11.1. The summed E-state index contributed by atoms with van der Waals surface area (Å²) in [5, 5.41) is 0. The zero-order valence-electron chi connectivity index (χ0n) is 7.43. The van der Waals surface area contributed by atoms with E-state index < -0.39 is 0 Å². The lowest BCUT2D eigenvalue weighted by atomic mass is 10.1. The van der Waals surface area contributed by atoms with Gasteiger partial charge in [-0.2, -0.15) is 0 Å². The summed E-state index contributed by atoms with van der Waals surface area (Å²) in [6.45, 7) is 1.48. The van der Waals surface area contributed by atoms with Crippen molar-refractivity contribution in [2.24, 2.45) is 0 Å². The summed E-state index contributed by atoms with van der Waals surface area (Å²) < 4.78 is 5.77. The number of nitrogen functional groups attached to an aromatic ring is 1. The number of Topliss-reactive ketones (excluding diaryl/α,β-unsaturated/α-hetero) is 1. The van der Waals surface area contributed by atoms with Gasteiger partial charge in [-0.25, -0.2) is 0 Å². The van der Waals surface area contributed by atoms with E-state index in [2.05, 4.69) is 15.9 Å². The first-order chi connectivity index (χ1) is 6.06. The van der Waals surface area contributed by atoms with Gasteiger partial charge < -0.3 is 10.5 Å². The van der Waals surface area contributed by atoms with Gasteiger partial charge in [0.25, 0.3) is 0 Å². The number of carbonyl (C=O) groups is 1. The Kier molecular flexibility index (Phi) is 2.93. The van der Waals surface area contributed by atoms with Crippen LogP contribution in [-0.2, 0) is 0 Å². The molecule has 70 valence electrons. The molecule has 0 aliphatic rings. The maximum atomic E-state index is 11.1. The second-order valence-electron chi connectivity index (χ2n) is 2.63. The van der Waals surface area contributed by atoms with Gasteiger partial charge in [0.1, 0.15) is 5.75 Å². The van der Waals surface area contributed by atoms with Crippen molar-refractivity contribution in [2.75, 3.05) is 12.8 Å². The predicted molar refractivity (Wildman–Crippen MR) is 55.1 cm³/mol. The maximum Gasteiger partial charge on any atom is 0.163 e. The van der Waals surface area contributed by atoms with Crippen molar-refractivity contribution in [3.63, 3.8) is 0 Å². The molecule has 1 aromatic rings. The molecule has 0 radical (unpaired) electrons. The van der Waals surface area contributed by atoms with Gasteiger partial charge in [-0.1, -0.05) is 0 Å². The fourth-order valence-electron chi connectivity index (χ4n) is 1.02. The Morgan fingerprint density at radius 1 is 1.54 bits per heavy atom. The van der Waals surface area contributed by atoms with Gasteiger partial charge in [0.05, 0.1) is 12.7 Å². The number of methoxy groups -OCH3 is 1. The van der Waals surface area contributed by atoms with Crippen molar-refractivity contribution in [1.82, 2.24) is 0 Å². The monoisotopic (exact) mass is 243 g/mol. The Hall–Kier alpha value is -1.03. The van der Waals surface area contributed by atoms with Crippen LogP contribution < -0.4 is 10.5 Å². The predicted octanol–water partition coefficient (Wildman–Crippen LogP) is 2.24. The molecule has 13 heavy (non-hydrogen) atoms. The van der Waals surface area contributed by atoms with E-state index in [1.807, 2.05) is 0 Å². The molecule has 0 heterocycles. The lowest BCUT2D eigenvalue weighted by Crippen LogP contribution is -1.99. The lowest BCUT2D eigenvalue weighted by molar-refractivity contribution is 0.101. The fourth-order valence-corrected chi connectivity index (χ4v) is 1.34. The van der Waals surface area contributed by atoms with Crippen LogP contribution >= 0.6 is 15.9 Å². The standard InChI is InChI=1S/C9H10BrNO2/c1-5(12)6-3-8(11)7(10)4-9(6)13-2/h3-4H,11H2,1-2H3. The first-order valence-electron chi connectivity index (χ1n) is 3.70. The van der Waals surface area contributed by atoms with E-state index in [4.69, 9.17) is 10.5 Å². The highest BCUT2D eigenvalue weighted by Crippen LogP contribution is 2.29. The Balaban J connectivity index is 3.33. The molecule has 0 saturated heterocycles. The quantitative estimate of drug-likeness (QED) is 0.641. The summed E-state index contributed by atoms with van der Waals surface area (Å²) in [7, 11) is 1.52. The second-order valence-corrected chi connectivity index (χ2v) is 3.48. The minimum Gasteiger partial charge on any atom is -0.496 e. The Bertz CT molecular complexity index is 350. The molecule has 0 aliphatic carbocycles. The average Bonchev–Trinajstić information content (AvgIpc) is 2.08. The second kappa shape index (κ2) is 3.79. The summed E-state index contributed by atoms with van der Waals surface area (Å²) >= 11 is 3.25. The van der Waals surface area contributed by atoms with Gasteiger partial charge in [0, 0.05) is 10.2 Å². The summed E-state index contributed by atoms with van der Waals surface area (Å²) in [6.07, 6.45) is 0. The van der Waals surface area contributed by atoms with E-state index in [-0.39, 0.29) is 5.78 Å². The van der Waals surface area contributed by atoms with Gasteiger partial charge in [-0.15, -0.1) is 0 Å². The van der Waals surface area contributed by atoms with Crippen LogP contribution in [0.4, 0.5) is 5.69 Å². The topological polar surface area (TPSA) is 52.3 Å². The minimum atomic E-state index is -0.0592. The smallest absolute Gasteiger partial charge is 0.163 e. The van der Waals surface area contributed by atoms with Gasteiger partial charge in [-0.05, 0) is 35.0 Å². The molecule has 1 aromatic carbocycles. The van der Waals surface area contributed by atoms with E-state index >= 15 is 0 Å². The third-order valence-corrected chi connectivity index (χ3v) is 2.38. The number of rotatable bonds is 2. The molecule has 0 spiro atoms. The number of nitrogens with two attached hydrogens (primary N) is 1. The third-order valence-electron chi connectivity index (χ3n) is 1.70. The summed E-state index contributed by atoms with van der Waals surface area (Å²) in [6, 6.07) is 3.29. The number of benzene rings is 1. The molecule has 2 N–H and O–H groups in total. The molecule has 0 aliphatic heterocycles. The minimum absolute atomic E-state index is 0.0592. The average molecular weight is 244 g/mol. The van der Waals surface area contributed by atoms with E-state index in [0.717, 1.165) is 4.47 Å². The number of halogens is 1. The summed E-state index contributed by atoms with van der Waals surface area (Å²) in [5.74, 6) is 0.477. The first kappa shape index (κ1) is 10.1. The molecule has 0 fully saturated rings. The Labute approximate surface area is 85.0 Å². The highest BCUT2D eigenvalue weighted by molar-refractivity contribution is 9.10. The van der Waals surface area contributed by atoms with E-state index in [0.29, 0.717) is 17.0 Å². The molecule has 1 rings (SSSR count). The van der Waals surface area contributed by atoms with Gasteiger partial charge in [0.2, 0.25) is 0 Å². The SMILES string of the molecule is COc1cc(Br)c(N)cc1C(C)=O. The molecule has 0 amide bonds. The molecule has 4 heteroatoms. The zero-order valence-corrected chi connectivity index (χ0v) is 9.01. The molecule has 0 aromatic heterocycles. The number of anilines is 1. The molecule has 3 nitrogen and oxygen atoms in total. The van der Waals surface area contributed by atoms with Crippen LogP contribution in [0.2, 0.25) is 0 Å². The van der Waals surface area contributed by atoms with Crippen molar-refractivity contribution in [3.8, 4) is 5.75 Å². The van der Waals surface area contributed by atoms with E-state index in [1.165, 1.54) is 14.0 Å². The fraction of sp³-hybridized carbons (Fsp3) is 0.222. The van der Waals surface area contributed by atoms with Crippen LogP contribution in [0.1, 0.15) is 17.3 Å². The third kappa shape index (κ3) is 2.01. The maximum absolute atomic E-state index is 11.1. The highest BCUT2D eigenvalue weighted by atomic mass is 79.9. The molecule has 0 unspecified atom stereocenters. The Morgan fingerprint density at radius 2 is 2.15 bits per heavy atom. The normalized spacial score (nSPS) is 9.77. The summed E-state index contributed by atoms with van der Waals surface area (Å²) in [5.41, 5.74) is 6.66. The Morgan fingerprint density at radius 3 is 2.62 bits per heavy atom. The van der Waals surface area contributed by atoms with Crippen LogP contribution in [0.5, 0.6) is 5.75 Å². The van der Waals surface area contributed by atoms with Gasteiger partial charge >= 0.3 is 0 Å². The van der Waals surface area contributed by atoms with Gasteiger partial charge in [-0.3, -0.25) is 4.79 Å². The largest absolute Gasteiger partial charge is 0.496 e. The number of ketones is 1. The van der Waals surface area contributed by atoms with Crippen LogP contribution in [0.15, 0.2) is 16.6 Å². The van der Waals surface area contributed by atoms with Crippen LogP contribution in [0, 0.1) is 0 Å². The zero-order chi connectivity index (χ0) is 10.0. The molecular formula is C9H10BrNO2. The van der Waals surface area contributed by atoms with Crippen LogP contribution in [0.25, 0.3) is 0 Å². The molecule has 0 atom stereocenters. The van der Waals surface area contributed by atoms with E-state index in [1.54, 1.807) is 12.1 Å². The van der Waals surface area contributed by atoms with Crippen molar-refractivity contribution < 1.29 is 9.53 Å². The number of carbonyl (C=O) groups excluding carboxylic acids is 1. The van der Waals surface area contributed by atoms with Crippen LogP contribution in [0.3, 0.4) is 0 Å². The highest BCUT2D eigenvalue weighted by Gasteiger charge is 2.10. The molecular weight excluding hydrogens is 234 g/mol. The number of ether oxygens (including phenoxy) is 1. The molecule has 0 saturated carbocycles. The number of hydrogen-bond donors (Lipinski definition) is 1.